The molecule has 0 aliphatic carbocycles. The monoisotopic (exact) mass is 259 g/mol. The van der Waals surface area contributed by atoms with E-state index >= 15 is 0 Å². The number of rotatable bonds is 4. The average molecular weight is 260 g/mol. The highest BCUT2D eigenvalue weighted by Crippen LogP contribution is 2.20. The lowest BCUT2D eigenvalue weighted by molar-refractivity contribution is -0.142. The van der Waals surface area contributed by atoms with Gasteiger partial charge < -0.3 is 4.74 Å². The van der Waals surface area contributed by atoms with E-state index in [1.165, 1.54) is 13.2 Å². The lowest BCUT2D eigenvalue weighted by Crippen LogP contribution is -2.36. The molecule has 0 fully saturated rings. The van der Waals surface area contributed by atoms with Crippen LogP contribution in [-0.4, -0.2) is 19.1 Å². The molecule has 0 aromatic heterocycles. The second-order valence-corrected chi connectivity index (χ2v) is 4.21. The zero-order valence-electron chi connectivity index (χ0n) is 9.96. The minimum absolute atomic E-state index is 0.0712. The third kappa shape index (κ3) is 3.68. The Morgan fingerprint density at radius 1 is 1.47 bits per heavy atom. The first-order chi connectivity index (χ1) is 7.95. The van der Waals surface area contributed by atoms with Gasteiger partial charge in [0.2, 0.25) is 0 Å². The number of benzene rings is 1. The SMILES string of the molecule is COC(=O)[C@@H](C)NC(C)c1ccc(F)c(Cl)c1. The molecular weight excluding hydrogens is 245 g/mol. The van der Waals surface area contributed by atoms with Gasteiger partial charge in [0.15, 0.2) is 0 Å². The molecule has 0 aliphatic heterocycles. The highest BCUT2D eigenvalue weighted by molar-refractivity contribution is 6.30. The standard InChI is InChI=1S/C12H15ClFNO2/c1-7(15-8(2)12(16)17-3)9-4-5-11(14)10(13)6-9/h4-8,15H,1-3H3/t7?,8-/m1/s1. The van der Waals surface area contributed by atoms with Crippen molar-refractivity contribution in [1.82, 2.24) is 5.32 Å². The average Bonchev–Trinajstić information content (AvgIpc) is 2.31. The van der Waals surface area contributed by atoms with Crippen molar-refractivity contribution < 1.29 is 13.9 Å². The maximum absolute atomic E-state index is 13.0. The summed E-state index contributed by atoms with van der Waals surface area (Å²) in [4.78, 5) is 11.2. The van der Waals surface area contributed by atoms with Crippen LogP contribution in [0.3, 0.4) is 0 Å². The Labute approximate surface area is 105 Å². The topological polar surface area (TPSA) is 38.3 Å². The number of carbonyl (C=O) groups is 1. The summed E-state index contributed by atoms with van der Waals surface area (Å²) in [7, 11) is 1.33. The zero-order chi connectivity index (χ0) is 13.0. The van der Waals surface area contributed by atoms with Crippen LogP contribution >= 0.6 is 11.6 Å². The Balaban J connectivity index is 2.72. The summed E-state index contributed by atoms with van der Waals surface area (Å²) >= 11 is 5.69. The molecule has 0 amide bonds. The van der Waals surface area contributed by atoms with Crippen LogP contribution in [0.4, 0.5) is 4.39 Å². The van der Waals surface area contributed by atoms with E-state index in [-0.39, 0.29) is 17.0 Å². The fourth-order valence-corrected chi connectivity index (χ4v) is 1.69. The smallest absolute Gasteiger partial charge is 0.322 e. The number of ether oxygens (including phenoxy) is 1. The molecule has 0 heterocycles. The largest absolute Gasteiger partial charge is 0.468 e. The van der Waals surface area contributed by atoms with Gasteiger partial charge in [-0.3, -0.25) is 10.1 Å². The van der Waals surface area contributed by atoms with E-state index in [9.17, 15) is 9.18 Å². The van der Waals surface area contributed by atoms with Gasteiger partial charge >= 0.3 is 5.97 Å². The summed E-state index contributed by atoms with van der Waals surface area (Å²) in [6.07, 6.45) is 0. The minimum Gasteiger partial charge on any atom is -0.468 e. The molecule has 1 aromatic rings. The van der Waals surface area contributed by atoms with Crippen LogP contribution in [-0.2, 0) is 9.53 Å². The molecule has 0 saturated carbocycles. The molecule has 1 N–H and O–H groups in total. The van der Waals surface area contributed by atoms with Crippen LogP contribution in [0.5, 0.6) is 0 Å². The number of halogens is 2. The molecule has 17 heavy (non-hydrogen) atoms. The quantitative estimate of drug-likeness (QED) is 0.845. The van der Waals surface area contributed by atoms with Crippen molar-refractivity contribution in [2.24, 2.45) is 0 Å². The molecule has 94 valence electrons. The van der Waals surface area contributed by atoms with Gasteiger partial charge in [-0.1, -0.05) is 17.7 Å². The normalized spacial score (nSPS) is 14.2. The van der Waals surface area contributed by atoms with Crippen LogP contribution in [0.1, 0.15) is 25.5 Å². The Morgan fingerprint density at radius 3 is 2.65 bits per heavy atom. The summed E-state index contributed by atoms with van der Waals surface area (Å²) in [6, 6.07) is 3.92. The van der Waals surface area contributed by atoms with Crippen LogP contribution in [0, 0.1) is 5.82 Å². The van der Waals surface area contributed by atoms with Crippen LogP contribution in [0.2, 0.25) is 5.02 Å². The minimum atomic E-state index is -0.455. The zero-order valence-corrected chi connectivity index (χ0v) is 10.7. The molecule has 0 saturated heterocycles. The predicted molar refractivity (Wildman–Crippen MR) is 64.4 cm³/mol. The summed E-state index contributed by atoms with van der Waals surface area (Å²) in [5, 5.41) is 3.11. The molecule has 5 heteroatoms. The van der Waals surface area contributed by atoms with Crippen molar-refractivity contribution in [2.45, 2.75) is 25.9 Å². The highest BCUT2D eigenvalue weighted by Gasteiger charge is 2.17. The summed E-state index contributed by atoms with van der Waals surface area (Å²) in [5.74, 6) is -0.798. The number of hydrogen-bond acceptors (Lipinski definition) is 3. The molecule has 3 nitrogen and oxygen atoms in total. The maximum Gasteiger partial charge on any atom is 0.322 e. The van der Waals surface area contributed by atoms with Gasteiger partial charge in [0, 0.05) is 6.04 Å². The van der Waals surface area contributed by atoms with Crippen molar-refractivity contribution in [1.29, 1.82) is 0 Å². The van der Waals surface area contributed by atoms with Gasteiger partial charge in [0.25, 0.3) is 0 Å². The molecule has 0 aliphatic rings. The van der Waals surface area contributed by atoms with Crippen molar-refractivity contribution in [3.8, 4) is 0 Å². The van der Waals surface area contributed by atoms with Crippen molar-refractivity contribution in [3.05, 3.63) is 34.6 Å². The Kier molecular flexibility index (Phi) is 4.90. The number of nitrogens with one attached hydrogen (secondary N) is 1. The summed E-state index contributed by atoms with van der Waals surface area (Å²) < 4.78 is 17.6. The predicted octanol–water partition coefficient (Wildman–Crippen LogP) is 2.69. The Hall–Kier alpha value is -1.13. The second-order valence-electron chi connectivity index (χ2n) is 3.81. The summed E-state index contributed by atoms with van der Waals surface area (Å²) in [6.45, 7) is 3.57. The van der Waals surface area contributed by atoms with Gasteiger partial charge in [-0.2, -0.15) is 0 Å². The molecule has 1 unspecified atom stereocenters. The first-order valence-electron chi connectivity index (χ1n) is 5.24. The highest BCUT2D eigenvalue weighted by atomic mass is 35.5. The van der Waals surface area contributed by atoms with Crippen LogP contribution in [0.15, 0.2) is 18.2 Å². The molecule has 0 bridgehead atoms. The first-order valence-corrected chi connectivity index (χ1v) is 5.62. The van der Waals surface area contributed by atoms with E-state index in [1.807, 2.05) is 6.92 Å². The Morgan fingerprint density at radius 2 is 2.12 bits per heavy atom. The molecule has 0 spiro atoms. The third-order valence-corrected chi connectivity index (χ3v) is 2.79. The third-order valence-electron chi connectivity index (χ3n) is 2.50. The van der Waals surface area contributed by atoms with Gasteiger partial charge in [-0.05, 0) is 31.5 Å². The van der Waals surface area contributed by atoms with Crippen LogP contribution in [0.25, 0.3) is 0 Å². The van der Waals surface area contributed by atoms with E-state index < -0.39 is 11.9 Å². The van der Waals surface area contributed by atoms with Crippen molar-refractivity contribution in [3.63, 3.8) is 0 Å². The Bertz CT molecular complexity index is 411. The van der Waals surface area contributed by atoms with Gasteiger partial charge in [0.1, 0.15) is 11.9 Å². The van der Waals surface area contributed by atoms with Crippen molar-refractivity contribution >= 4 is 17.6 Å². The van der Waals surface area contributed by atoms with Gasteiger partial charge in [0.05, 0.1) is 12.1 Å². The van der Waals surface area contributed by atoms with E-state index in [4.69, 9.17) is 11.6 Å². The van der Waals surface area contributed by atoms with E-state index in [1.54, 1.807) is 19.1 Å². The van der Waals surface area contributed by atoms with Gasteiger partial charge in [-0.25, -0.2) is 4.39 Å². The number of methoxy groups -OCH3 is 1. The fraction of sp³-hybridized carbons (Fsp3) is 0.417. The van der Waals surface area contributed by atoms with E-state index in [0.29, 0.717) is 0 Å². The number of carbonyl (C=O) groups excluding carboxylic acids is 1. The molecule has 0 radical (unpaired) electrons. The van der Waals surface area contributed by atoms with E-state index in [2.05, 4.69) is 10.1 Å². The number of hydrogen-bond donors (Lipinski definition) is 1. The summed E-state index contributed by atoms with van der Waals surface area (Å²) in [5.41, 5.74) is 0.812. The molecule has 2 atom stereocenters. The number of esters is 1. The van der Waals surface area contributed by atoms with Crippen molar-refractivity contribution in [2.75, 3.05) is 7.11 Å². The van der Waals surface area contributed by atoms with E-state index in [0.717, 1.165) is 5.56 Å². The van der Waals surface area contributed by atoms with Crippen LogP contribution < -0.4 is 5.32 Å². The second kappa shape index (κ2) is 5.98. The molecule has 1 rings (SSSR count). The molecule has 1 aromatic carbocycles. The maximum atomic E-state index is 13.0. The first kappa shape index (κ1) is 13.9. The van der Waals surface area contributed by atoms with Gasteiger partial charge in [-0.15, -0.1) is 0 Å². The fourth-order valence-electron chi connectivity index (χ4n) is 1.50. The lowest BCUT2D eigenvalue weighted by atomic mass is 10.1. The lowest BCUT2D eigenvalue weighted by Gasteiger charge is -2.18. The molecular formula is C12H15ClFNO2.